The summed E-state index contributed by atoms with van der Waals surface area (Å²) >= 11 is 0.921. The third-order valence-electron chi connectivity index (χ3n) is 5.70. The van der Waals surface area contributed by atoms with Gasteiger partial charge in [-0.2, -0.15) is 10.2 Å². The van der Waals surface area contributed by atoms with Crippen LogP contribution in [0.1, 0.15) is 36.7 Å². The predicted molar refractivity (Wildman–Crippen MR) is 123 cm³/mol. The molecular formula is C20H23N7O4S2. The van der Waals surface area contributed by atoms with Crippen LogP contribution in [-0.4, -0.2) is 43.1 Å². The van der Waals surface area contributed by atoms with Crippen LogP contribution in [0, 0.1) is 6.92 Å². The van der Waals surface area contributed by atoms with Gasteiger partial charge in [0.25, 0.3) is 15.6 Å². The van der Waals surface area contributed by atoms with Crippen molar-refractivity contribution in [3.63, 3.8) is 0 Å². The van der Waals surface area contributed by atoms with Gasteiger partial charge in [-0.15, -0.1) is 11.3 Å². The van der Waals surface area contributed by atoms with E-state index in [1.165, 1.54) is 10.6 Å². The van der Waals surface area contributed by atoms with E-state index in [1.807, 2.05) is 13.8 Å². The van der Waals surface area contributed by atoms with Gasteiger partial charge in [0.2, 0.25) is 0 Å². The standard InChI is InChI=1S/C20H23N7O4S2/c1-12-6-14(23-22-12)11-27-18-15(7-16(32-18)33(30,31)24-20(2)4-5-20)17(28)26(19(27)29)10-13-8-21-25(3)9-13/h6-9,24H,4-5,10-11H2,1-3H3,(H,22,23). The van der Waals surface area contributed by atoms with Crippen molar-refractivity contribution in [2.24, 2.45) is 7.05 Å². The zero-order chi connectivity index (χ0) is 23.5. The minimum absolute atomic E-state index is 0.00999. The first-order chi connectivity index (χ1) is 15.5. The van der Waals surface area contributed by atoms with Crippen LogP contribution in [0.15, 0.2) is 38.3 Å². The number of rotatable bonds is 7. The molecule has 4 aromatic heterocycles. The lowest BCUT2D eigenvalue weighted by Gasteiger charge is -2.11. The normalized spacial score (nSPS) is 15.4. The van der Waals surface area contributed by atoms with E-state index in [2.05, 4.69) is 20.0 Å². The number of aryl methyl sites for hydroxylation is 2. The number of thiophene rings is 1. The first-order valence-corrected chi connectivity index (χ1v) is 12.6. The van der Waals surface area contributed by atoms with Gasteiger partial charge in [0.15, 0.2) is 0 Å². The summed E-state index contributed by atoms with van der Waals surface area (Å²) in [5.41, 5.74) is 0.593. The maximum absolute atomic E-state index is 13.4. The fourth-order valence-corrected chi connectivity index (χ4v) is 6.62. The lowest BCUT2D eigenvalue weighted by atomic mass is 10.3. The molecular weight excluding hydrogens is 466 g/mol. The highest BCUT2D eigenvalue weighted by Gasteiger charge is 2.41. The van der Waals surface area contributed by atoms with Gasteiger partial charge in [0, 0.05) is 24.3 Å². The number of aromatic nitrogens is 6. The Morgan fingerprint density at radius 3 is 2.58 bits per heavy atom. The third-order valence-corrected chi connectivity index (χ3v) is 8.97. The summed E-state index contributed by atoms with van der Waals surface area (Å²) in [4.78, 5) is 27.0. The number of hydrogen-bond donors (Lipinski definition) is 2. The van der Waals surface area contributed by atoms with Crippen LogP contribution in [0.25, 0.3) is 10.2 Å². The average molecular weight is 490 g/mol. The van der Waals surface area contributed by atoms with Gasteiger partial charge in [-0.05, 0) is 38.8 Å². The third kappa shape index (κ3) is 4.07. The van der Waals surface area contributed by atoms with Crippen LogP contribution in [0.4, 0.5) is 0 Å². The second kappa shape index (κ2) is 7.50. The molecule has 2 N–H and O–H groups in total. The molecule has 0 unspecified atom stereocenters. The van der Waals surface area contributed by atoms with Gasteiger partial charge < -0.3 is 0 Å². The summed E-state index contributed by atoms with van der Waals surface area (Å²) in [7, 11) is -2.08. The number of aromatic amines is 1. The quantitative estimate of drug-likeness (QED) is 0.396. The first kappa shape index (κ1) is 21.8. The Balaban J connectivity index is 1.69. The minimum Gasteiger partial charge on any atom is -0.280 e. The smallest absolute Gasteiger partial charge is 0.280 e. The Kier molecular flexibility index (Phi) is 4.95. The summed E-state index contributed by atoms with van der Waals surface area (Å²) in [5, 5.41) is 11.3. The summed E-state index contributed by atoms with van der Waals surface area (Å²) < 4.78 is 32.8. The van der Waals surface area contributed by atoms with Crippen LogP contribution in [0.3, 0.4) is 0 Å². The highest BCUT2D eigenvalue weighted by Crippen LogP contribution is 2.37. The SMILES string of the molecule is Cc1cc(Cn2c(=O)n(Cc3cnn(C)c3)c(=O)c3cc(S(=O)(=O)NC4(C)CC4)sc32)[nH]n1. The van der Waals surface area contributed by atoms with Crippen molar-refractivity contribution in [1.82, 2.24) is 33.8 Å². The molecule has 0 radical (unpaired) electrons. The fraction of sp³-hybridized carbons (Fsp3) is 0.400. The molecule has 4 heterocycles. The Morgan fingerprint density at radius 1 is 1.21 bits per heavy atom. The molecule has 0 saturated heterocycles. The van der Waals surface area contributed by atoms with Crippen LogP contribution in [-0.2, 0) is 30.2 Å². The Morgan fingerprint density at radius 2 is 1.97 bits per heavy atom. The molecule has 0 amide bonds. The van der Waals surface area contributed by atoms with Gasteiger partial charge in [0.1, 0.15) is 9.04 Å². The maximum atomic E-state index is 13.4. The molecule has 11 nitrogen and oxygen atoms in total. The molecule has 4 aromatic rings. The van der Waals surface area contributed by atoms with Crippen LogP contribution < -0.4 is 16.0 Å². The van der Waals surface area contributed by atoms with Crippen LogP contribution in [0.2, 0.25) is 0 Å². The van der Waals surface area contributed by atoms with E-state index in [4.69, 9.17) is 0 Å². The topological polar surface area (TPSA) is 137 Å². The molecule has 0 atom stereocenters. The molecule has 33 heavy (non-hydrogen) atoms. The van der Waals surface area contributed by atoms with Crippen molar-refractivity contribution in [3.05, 3.63) is 62.3 Å². The number of H-pyrrole nitrogens is 1. The number of nitrogens with one attached hydrogen (secondary N) is 2. The second-order valence-electron chi connectivity index (χ2n) is 8.77. The molecule has 0 spiro atoms. The lowest BCUT2D eigenvalue weighted by Crippen LogP contribution is -2.40. The lowest BCUT2D eigenvalue weighted by molar-refractivity contribution is 0.560. The summed E-state index contributed by atoms with van der Waals surface area (Å²) in [6.07, 6.45) is 4.84. The van der Waals surface area contributed by atoms with Gasteiger partial charge >= 0.3 is 5.69 Å². The molecule has 0 aromatic carbocycles. The molecule has 1 aliphatic rings. The number of hydrogen-bond acceptors (Lipinski definition) is 7. The zero-order valence-electron chi connectivity index (χ0n) is 18.3. The summed E-state index contributed by atoms with van der Waals surface area (Å²) in [6, 6.07) is 3.17. The van der Waals surface area contributed by atoms with Crippen LogP contribution in [0.5, 0.6) is 0 Å². The Bertz CT molecular complexity index is 1600. The molecule has 0 bridgehead atoms. The minimum atomic E-state index is -3.83. The van der Waals surface area contributed by atoms with Crippen LogP contribution >= 0.6 is 11.3 Å². The summed E-state index contributed by atoms with van der Waals surface area (Å²) in [5.74, 6) is 0. The molecule has 1 fully saturated rings. The fourth-order valence-electron chi connectivity index (χ4n) is 3.72. The van der Waals surface area contributed by atoms with E-state index in [9.17, 15) is 18.0 Å². The zero-order valence-corrected chi connectivity index (χ0v) is 20.0. The van der Waals surface area contributed by atoms with Gasteiger partial charge in [0.05, 0.1) is 36.1 Å². The van der Waals surface area contributed by atoms with Gasteiger partial charge in [-0.3, -0.25) is 23.7 Å². The molecule has 0 aliphatic heterocycles. The maximum Gasteiger partial charge on any atom is 0.332 e. The van der Waals surface area contributed by atoms with Crippen molar-refractivity contribution >= 4 is 31.6 Å². The summed E-state index contributed by atoms with van der Waals surface area (Å²) in [6.45, 7) is 3.81. The van der Waals surface area contributed by atoms with E-state index in [0.717, 1.165) is 34.4 Å². The van der Waals surface area contributed by atoms with Gasteiger partial charge in [-0.25, -0.2) is 17.9 Å². The van der Waals surface area contributed by atoms with Crippen molar-refractivity contribution in [2.45, 2.75) is 49.5 Å². The molecule has 5 rings (SSSR count). The van der Waals surface area contributed by atoms with E-state index in [0.29, 0.717) is 16.1 Å². The average Bonchev–Trinajstić information content (AvgIpc) is 3.12. The van der Waals surface area contributed by atoms with Crippen molar-refractivity contribution in [2.75, 3.05) is 0 Å². The second-order valence-corrected chi connectivity index (χ2v) is 11.7. The Labute approximate surface area is 192 Å². The monoisotopic (exact) mass is 489 g/mol. The van der Waals surface area contributed by atoms with E-state index in [-0.39, 0.29) is 22.7 Å². The molecule has 1 saturated carbocycles. The molecule has 1 aliphatic carbocycles. The highest BCUT2D eigenvalue weighted by molar-refractivity contribution is 7.91. The van der Waals surface area contributed by atoms with E-state index >= 15 is 0 Å². The largest absolute Gasteiger partial charge is 0.332 e. The molecule has 174 valence electrons. The van der Waals surface area contributed by atoms with Crippen molar-refractivity contribution in [3.8, 4) is 0 Å². The van der Waals surface area contributed by atoms with Gasteiger partial charge in [-0.1, -0.05) is 0 Å². The number of nitrogens with zero attached hydrogens (tertiary/aromatic N) is 5. The first-order valence-electron chi connectivity index (χ1n) is 10.3. The Hall–Kier alpha value is -3.03. The van der Waals surface area contributed by atoms with Crippen molar-refractivity contribution < 1.29 is 8.42 Å². The molecule has 13 heteroatoms. The number of sulfonamides is 1. The van der Waals surface area contributed by atoms with E-state index in [1.54, 1.807) is 30.2 Å². The van der Waals surface area contributed by atoms with Crippen molar-refractivity contribution in [1.29, 1.82) is 0 Å². The number of fused-ring (bicyclic) bond motifs is 1. The highest BCUT2D eigenvalue weighted by atomic mass is 32.2. The predicted octanol–water partition coefficient (Wildman–Crippen LogP) is 0.917. The van der Waals surface area contributed by atoms with E-state index < -0.39 is 26.8 Å².